The number of carbonyl (C=O) groups is 1. The van der Waals surface area contributed by atoms with E-state index in [1.807, 2.05) is 24.3 Å². The molecule has 0 saturated heterocycles. The van der Waals surface area contributed by atoms with E-state index in [2.05, 4.69) is 10.6 Å². The number of para-hydroxylation sites is 1. The number of rotatable bonds is 5. The maximum absolute atomic E-state index is 11.9. The van der Waals surface area contributed by atoms with E-state index in [4.69, 9.17) is 0 Å². The summed E-state index contributed by atoms with van der Waals surface area (Å²) in [7, 11) is -3.03. The highest BCUT2D eigenvalue weighted by atomic mass is 32.2. The summed E-state index contributed by atoms with van der Waals surface area (Å²) >= 11 is 0. The van der Waals surface area contributed by atoms with Gasteiger partial charge < -0.3 is 10.6 Å². The predicted molar refractivity (Wildman–Crippen MR) is 74.9 cm³/mol. The zero-order valence-corrected chi connectivity index (χ0v) is 11.7. The minimum Gasteiger partial charge on any atom is -0.373 e. The molecule has 104 valence electrons. The molecule has 0 unspecified atom stereocenters. The number of anilines is 1. The van der Waals surface area contributed by atoms with Crippen LogP contribution in [0.3, 0.4) is 0 Å². The van der Waals surface area contributed by atoms with Gasteiger partial charge in [0, 0.05) is 24.4 Å². The molecular formula is C13H18N2O3S. The van der Waals surface area contributed by atoms with Gasteiger partial charge in [-0.05, 0) is 11.6 Å². The summed E-state index contributed by atoms with van der Waals surface area (Å²) < 4.78 is 22.6. The molecule has 0 fully saturated rings. The molecule has 0 radical (unpaired) electrons. The van der Waals surface area contributed by atoms with E-state index in [0.29, 0.717) is 6.42 Å². The Morgan fingerprint density at radius 2 is 2.16 bits per heavy atom. The van der Waals surface area contributed by atoms with Crippen LogP contribution < -0.4 is 10.6 Å². The molecule has 19 heavy (non-hydrogen) atoms. The third-order valence-electron chi connectivity index (χ3n) is 3.24. The molecule has 1 aromatic rings. The number of benzene rings is 1. The molecule has 0 saturated carbocycles. The summed E-state index contributed by atoms with van der Waals surface area (Å²) in [6.45, 7) is 1.77. The second kappa shape index (κ2) is 5.61. The minimum absolute atomic E-state index is 0.00505. The fourth-order valence-corrected chi connectivity index (χ4v) is 2.76. The zero-order valence-electron chi connectivity index (χ0n) is 10.8. The topological polar surface area (TPSA) is 75.3 Å². The third-order valence-corrected chi connectivity index (χ3v) is 4.95. The number of carbonyl (C=O) groups excluding carboxylic acids is 1. The van der Waals surface area contributed by atoms with Crippen LogP contribution in [0.15, 0.2) is 24.3 Å². The van der Waals surface area contributed by atoms with Gasteiger partial charge >= 0.3 is 0 Å². The second-order valence-corrected chi connectivity index (χ2v) is 7.06. The van der Waals surface area contributed by atoms with Crippen LogP contribution in [0.5, 0.6) is 0 Å². The van der Waals surface area contributed by atoms with Crippen LogP contribution >= 0.6 is 0 Å². The minimum atomic E-state index is -3.03. The largest absolute Gasteiger partial charge is 0.373 e. The van der Waals surface area contributed by atoms with E-state index < -0.39 is 9.84 Å². The first-order valence-electron chi connectivity index (χ1n) is 6.34. The van der Waals surface area contributed by atoms with E-state index in [1.165, 1.54) is 0 Å². The first-order valence-corrected chi connectivity index (χ1v) is 8.16. The quantitative estimate of drug-likeness (QED) is 0.828. The average molecular weight is 282 g/mol. The van der Waals surface area contributed by atoms with Crippen molar-refractivity contribution in [1.82, 2.24) is 5.32 Å². The monoisotopic (exact) mass is 282 g/mol. The Morgan fingerprint density at radius 1 is 1.42 bits per heavy atom. The van der Waals surface area contributed by atoms with Gasteiger partial charge in [-0.15, -0.1) is 0 Å². The lowest BCUT2D eigenvalue weighted by atomic mass is 10.1. The number of nitrogens with one attached hydrogen (secondary N) is 2. The van der Waals surface area contributed by atoms with Crippen LogP contribution in [0, 0.1) is 0 Å². The Labute approximate surface area is 113 Å². The van der Waals surface area contributed by atoms with Crippen molar-refractivity contribution in [3.05, 3.63) is 29.8 Å². The molecule has 1 heterocycles. The molecule has 1 aromatic carbocycles. The van der Waals surface area contributed by atoms with Gasteiger partial charge in [0.2, 0.25) is 5.91 Å². The maximum atomic E-state index is 11.9. The van der Waals surface area contributed by atoms with Crippen molar-refractivity contribution >= 4 is 21.4 Å². The highest BCUT2D eigenvalue weighted by Crippen LogP contribution is 2.24. The lowest BCUT2D eigenvalue weighted by molar-refractivity contribution is -0.121. The number of sulfone groups is 1. The third kappa shape index (κ3) is 3.47. The molecule has 2 N–H and O–H groups in total. The maximum Gasteiger partial charge on any atom is 0.242 e. The average Bonchev–Trinajstić information content (AvgIpc) is 2.82. The van der Waals surface area contributed by atoms with E-state index in [-0.39, 0.29) is 30.0 Å². The number of fused-ring (bicyclic) bond motifs is 1. The molecule has 1 aliphatic heterocycles. The predicted octanol–water partition coefficient (Wildman–Crippen LogP) is 0.574. The summed E-state index contributed by atoms with van der Waals surface area (Å²) in [6, 6.07) is 7.47. The Balaban J connectivity index is 1.84. The van der Waals surface area contributed by atoms with Gasteiger partial charge in [0.15, 0.2) is 9.84 Å². The second-order valence-electron chi connectivity index (χ2n) is 4.59. The van der Waals surface area contributed by atoms with Crippen LogP contribution in [0.25, 0.3) is 0 Å². The van der Waals surface area contributed by atoms with Crippen LogP contribution in [0.4, 0.5) is 5.69 Å². The van der Waals surface area contributed by atoms with Gasteiger partial charge in [-0.3, -0.25) is 4.79 Å². The number of amides is 1. The zero-order chi connectivity index (χ0) is 13.9. The summed E-state index contributed by atoms with van der Waals surface area (Å²) in [5.74, 6) is -0.0484. The van der Waals surface area contributed by atoms with Crippen molar-refractivity contribution in [3.63, 3.8) is 0 Å². The van der Waals surface area contributed by atoms with Crippen molar-refractivity contribution in [2.45, 2.75) is 19.4 Å². The molecule has 1 atom stereocenters. The molecular weight excluding hydrogens is 264 g/mol. The summed E-state index contributed by atoms with van der Waals surface area (Å²) in [5.41, 5.74) is 2.09. The first-order chi connectivity index (χ1) is 9.02. The van der Waals surface area contributed by atoms with Gasteiger partial charge in [-0.2, -0.15) is 0 Å². The molecule has 1 amide bonds. The smallest absolute Gasteiger partial charge is 0.242 e. The summed E-state index contributed by atoms with van der Waals surface area (Å²) in [4.78, 5) is 11.9. The van der Waals surface area contributed by atoms with Crippen molar-refractivity contribution < 1.29 is 13.2 Å². The Bertz CT molecular complexity index is 544. The van der Waals surface area contributed by atoms with Gasteiger partial charge in [0.1, 0.15) is 6.04 Å². The fourth-order valence-electron chi connectivity index (χ4n) is 2.05. The summed E-state index contributed by atoms with van der Waals surface area (Å²) in [5, 5.41) is 5.80. The molecule has 0 aliphatic carbocycles. The van der Waals surface area contributed by atoms with Crippen LogP contribution in [-0.2, 0) is 21.1 Å². The van der Waals surface area contributed by atoms with Gasteiger partial charge in [0.05, 0.1) is 5.75 Å². The van der Waals surface area contributed by atoms with Gasteiger partial charge in [-0.25, -0.2) is 8.42 Å². The van der Waals surface area contributed by atoms with E-state index in [9.17, 15) is 13.2 Å². The van der Waals surface area contributed by atoms with Crippen LogP contribution in [-0.4, -0.2) is 38.4 Å². The molecule has 5 nitrogen and oxygen atoms in total. The Morgan fingerprint density at radius 3 is 2.84 bits per heavy atom. The fraction of sp³-hybridized carbons (Fsp3) is 0.462. The lowest BCUT2D eigenvalue weighted by Gasteiger charge is -2.11. The van der Waals surface area contributed by atoms with Gasteiger partial charge in [0.25, 0.3) is 0 Å². The molecule has 2 rings (SSSR count). The highest BCUT2D eigenvalue weighted by Gasteiger charge is 2.26. The standard InChI is InChI=1S/C13H18N2O3S/c1-2-19(17,18)8-7-14-13(16)12-9-10-5-3-4-6-11(10)15-12/h3-6,12,15H,2,7-9H2,1H3,(H,14,16)/t12-/m0/s1. The molecule has 0 aromatic heterocycles. The highest BCUT2D eigenvalue weighted by molar-refractivity contribution is 7.91. The van der Waals surface area contributed by atoms with E-state index in [0.717, 1.165) is 11.3 Å². The molecule has 1 aliphatic rings. The summed E-state index contributed by atoms with van der Waals surface area (Å²) in [6.07, 6.45) is 0.641. The first kappa shape index (κ1) is 13.9. The van der Waals surface area contributed by atoms with Crippen LogP contribution in [0.2, 0.25) is 0 Å². The van der Waals surface area contributed by atoms with Gasteiger partial charge in [-0.1, -0.05) is 25.1 Å². The van der Waals surface area contributed by atoms with E-state index >= 15 is 0 Å². The van der Waals surface area contributed by atoms with Crippen LogP contribution in [0.1, 0.15) is 12.5 Å². The van der Waals surface area contributed by atoms with Crippen molar-refractivity contribution in [3.8, 4) is 0 Å². The lowest BCUT2D eigenvalue weighted by Crippen LogP contribution is -2.40. The Hall–Kier alpha value is -1.56. The van der Waals surface area contributed by atoms with E-state index in [1.54, 1.807) is 6.92 Å². The van der Waals surface area contributed by atoms with Crippen molar-refractivity contribution in [1.29, 1.82) is 0 Å². The number of hydrogen-bond acceptors (Lipinski definition) is 4. The normalized spacial score (nSPS) is 17.6. The molecule has 6 heteroatoms. The Kier molecular flexibility index (Phi) is 4.09. The SMILES string of the molecule is CCS(=O)(=O)CCNC(=O)[C@@H]1Cc2ccccc2N1. The number of hydrogen-bond donors (Lipinski definition) is 2. The molecule has 0 spiro atoms. The molecule has 0 bridgehead atoms. The van der Waals surface area contributed by atoms with Crippen molar-refractivity contribution in [2.24, 2.45) is 0 Å². The van der Waals surface area contributed by atoms with Crippen molar-refractivity contribution in [2.75, 3.05) is 23.4 Å².